The highest BCUT2D eigenvalue weighted by Crippen LogP contribution is 2.53. The van der Waals surface area contributed by atoms with Gasteiger partial charge in [-0.25, -0.2) is 0 Å². The predicted octanol–water partition coefficient (Wildman–Crippen LogP) is 4.47. The normalized spacial score (nSPS) is 39.2. The van der Waals surface area contributed by atoms with Crippen LogP contribution in [-0.2, 0) is 41.8 Å². The minimum Gasteiger partial charge on any atom is -0.344 e. The van der Waals surface area contributed by atoms with Crippen LogP contribution >= 0.6 is 0 Å². The fourth-order valence-electron chi connectivity index (χ4n) is 6.23. The number of carbonyl (C=O) groups excluding carboxylic acids is 2. The van der Waals surface area contributed by atoms with Crippen molar-refractivity contribution in [2.75, 3.05) is 13.2 Å². The summed E-state index contributed by atoms with van der Waals surface area (Å²) < 4.78 is 24.8. The Labute approximate surface area is 189 Å². The van der Waals surface area contributed by atoms with Gasteiger partial charge in [0.05, 0.1) is 24.0 Å². The van der Waals surface area contributed by atoms with Crippen molar-refractivity contribution in [1.82, 2.24) is 0 Å². The smallest absolute Gasteiger partial charge is 0.181 e. The van der Waals surface area contributed by atoms with Gasteiger partial charge in [-0.1, -0.05) is 37.1 Å². The zero-order chi connectivity index (χ0) is 22.5. The van der Waals surface area contributed by atoms with E-state index in [1.165, 1.54) is 0 Å². The van der Waals surface area contributed by atoms with E-state index >= 15 is 0 Å². The number of fused-ring (bicyclic) bond motifs is 2. The van der Waals surface area contributed by atoms with Crippen LogP contribution < -0.4 is 0 Å². The van der Waals surface area contributed by atoms with Gasteiger partial charge in [-0.3, -0.25) is 9.59 Å². The van der Waals surface area contributed by atoms with Crippen LogP contribution in [0.15, 0.2) is 24.3 Å². The molecule has 0 amide bonds. The molecule has 0 bridgehead atoms. The maximum Gasteiger partial charge on any atom is 0.181 e. The lowest BCUT2D eigenvalue weighted by Gasteiger charge is -2.44. The molecule has 2 aliphatic carbocycles. The molecular weight excluding hydrogens is 408 g/mol. The molecule has 5 rings (SSSR count). The topological polar surface area (TPSA) is 71.1 Å². The van der Waals surface area contributed by atoms with Gasteiger partial charge in [-0.2, -0.15) is 0 Å². The molecule has 174 valence electrons. The van der Waals surface area contributed by atoms with Gasteiger partial charge in [0.25, 0.3) is 0 Å². The second-order valence-corrected chi connectivity index (χ2v) is 10.4. The van der Waals surface area contributed by atoms with Crippen LogP contribution in [0.25, 0.3) is 0 Å². The Hall–Kier alpha value is -1.60. The Morgan fingerprint density at radius 1 is 0.719 bits per heavy atom. The number of rotatable bonds is 6. The summed E-state index contributed by atoms with van der Waals surface area (Å²) in [5, 5.41) is 0. The van der Waals surface area contributed by atoms with E-state index in [9.17, 15) is 9.59 Å². The van der Waals surface area contributed by atoms with E-state index in [-0.39, 0.29) is 24.8 Å². The van der Waals surface area contributed by atoms with Gasteiger partial charge < -0.3 is 18.9 Å². The molecule has 0 N–H and O–H groups in total. The predicted molar refractivity (Wildman–Crippen MR) is 117 cm³/mol. The van der Waals surface area contributed by atoms with Crippen LogP contribution in [0.5, 0.6) is 0 Å². The monoisotopic (exact) mass is 442 g/mol. The number of benzene rings is 1. The van der Waals surface area contributed by atoms with Crippen molar-refractivity contribution in [3.05, 3.63) is 35.4 Å². The Morgan fingerprint density at radius 3 is 1.56 bits per heavy atom. The molecule has 1 aromatic rings. The van der Waals surface area contributed by atoms with Crippen LogP contribution in [0.4, 0.5) is 0 Å². The molecule has 2 heterocycles. The fraction of sp³-hybridized carbons (Fsp3) is 0.692. The van der Waals surface area contributed by atoms with Crippen LogP contribution in [-0.4, -0.2) is 36.4 Å². The SMILES string of the molecule is C[C@@]12CCCC[C@]1(OCc1ccccc1CO[C@]13CCCC[C@@]1(C)C(=O)CO3)OCC2=O. The molecule has 0 aromatic heterocycles. The Balaban J connectivity index is 1.32. The lowest BCUT2D eigenvalue weighted by atomic mass is 9.69. The van der Waals surface area contributed by atoms with E-state index < -0.39 is 22.4 Å². The molecule has 6 nitrogen and oxygen atoms in total. The van der Waals surface area contributed by atoms with Crippen molar-refractivity contribution >= 4 is 11.6 Å². The molecule has 2 saturated heterocycles. The van der Waals surface area contributed by atoms with Crippen LogP contribution in [0.1, 0.15) is 76.3 Å². The van der Waals surface area contributed by atoms with Gasteiger partial charge in [-0.05, 0) is 50.7 Å². The molecular formula is C26H34O6. The molecule has 4 atom stereocenters. The average molecular weight is 443 g/mol. The Kier molecular flexibility index (Phi) is 5.56. The van der Waals surface area contributed by atoms with Crippen LogP contribution in [0.2, 0.25) is 0 Å². The summed E-state index contributed by atoms with van der Waals surface area (Å²) in [5.41, 5.74) is 0.877. The number of carbonyl (C=O) groups is 2. The second-order valence-electron chi connectivity index (χ2n) is 10.4. The molecule has 1 aromatic carbocycles. The number of hydrogen-bond donors (Lipinski definition) is 0. The molecule has 0 unspecified atom stereocenters. The molecule has 2 saturated carbocycles. The molecule has 4 fully saturated rings. The maximum atomic E-state index is 12.6. The third kappa shape index (κ3) is 3.22. The minimum atomic E-state index is -0.835. The Bertz CT molecular complexity index is 840. The van der Waals surface area contributed by atoms with Gasteiger partial charge in [0.15, 0.2) is 23.1 Å². The van der Waals surface area contributed by atoms with Crippen molar-refractivity contribution in [3.8, 4) is 0 Å². The first-order chi connectivity index (χ1) is 15.3. The largest absolute Gasteiger partial charge is 0.344 e. The van der Waals surface area contributed by atoms with Gasteiger partial charge in [0, 0.05) is 12.8 Å². The highest BCUT2D eigenvalue weighted by molar-refractivity contribution is 5.89. The molecule has 32 heavy (non-hydrogen) atoms. The quantitative estimate of drug-likeness (QED) is 0.647. The van der Waals surface area contributed by atoms with Crippen molar-refractivity contribution < 1.29 is 28.5 Å². The summed E-state index contributed by atoms with van der Waals surface area (Å²) in [6.07, 6.45) is 7.16. The third-order valence-corrected chi connectivity index (χ3v) is 8.69. The highest BCUT2D eigenvalue weighted by Gasteiger charge is 2.62. The summed E-state index contributed by atoms with van der Waals surface area (Å²) >= 11 is 0. The van der Waals surface area contributed by atoms with Crippen molar-refractivity contribution in [2.45, 2.75) is 90.0 Å². The maximum absolute atomic E-state index is 12.6. The van der Waals surface area contributed by atoms with Crippen LogP contribution in [0, 0.1) is 10.8 Å². The molecule has 2 aliphatic heterocycles. The minimum absolute atomic E-state index is 0.133. The van der Waals surface area contributed by atoms with Crippen LogP contribution in [0.3, 0.4) is 0 Å². The number of hydrogen-bond acceptors (Lipinski definition) is 6. The van der Waals surface area contributed by atoms with E-state index in [4.69, 9.17) is 18.9 Å². The summed E-state index contributed by atoms with van der Waals surface area (Å²) in [7, 11) is 0. The summed E-state index contributed by atoms with van der Waals surface area (Å²) in [6, 6.07) is 8.04. The Morgan fingerprint density at radius 2 is 1.12 bits per heavy atom. The van der Waals surface area contributed by atoms with Gasteiger partial charge >= 0.3 is 0 Å². The number of ketones is 2. The first-order valence-corrected chi connectivity index (χ1v) is 12.0. The zero-order valence-electron chi connectivity index (χ0n) is 19.2. The van der Waals surface area contributed by atoms with Gasteiger partial charge in [-0.15, -0.1) is 0 Å². The first kappa shape index (κ1) is 22.2. The second kappa shape index (κ2) is 8.01. The zero-order valence-corrected chi connectivity index (χ0v) is 19.2. The van der Waals surface area contributed by atoms with E-state index in [0.29, 0.717) is 13.2 Å². The van der Waals surface area contributed by atoms with E-state index in [2.05, 4.69) is 0 Å². The van der Waals surface area contributed by atoms with Gasteiger partial charge in [0.1, 0.15) is 13.2 Å². The number of ether oxygens (including phenoxy) is 4. The lowest BCUT2D eigenvalue weighted by Crippen LogP contribution is -2.51. The molecule has 0 spiro atoms. The third-order valence-electron chi connectivity index (χ3n) is 8.69. The average Bonchev–Trinajstić information content (AvgIpc) is 3.23. The fourth-order valence-corrected chi connectivity index (χ4v) is 6.23. The highest BCUT2D eigenvalue weighted by atomic mass is 16.7. The van der Waals surface area contributed by atoms with E-state index in [1.807, 2.05) is 38.1 Å². The lowest BCUT2D eigenvalue weighted by molar-refractivity contribution is -0.278. The van der Waals surface area contributed by atoms with Gasteiger partial charge in [0.2, 0.25) is 0 Å². The van der Waals surface area contributed by atoms with Crippen molar-refractivity contribution in [1.29, 1.82) is 0 Å². The molecule has 4 aliphatic rings. The standard InChI is InChI=1S/C26H34O6/c1-23-11-5-7-13-25(23,31-17-21(23)27)29-15-19-9-3-4-10-20(19)16-30-26-14-8-6-12-24(26,2)22(28)18-32-26/h3-4,9-10H,5-8,11-18H2,1-2H3/t23-,24-,25-,26-/m0/s1. The summed E-state index contributed by atoms with van der Waals surface area (Å²) in [4.78, 5) is 25.2. The number of Topliss-reactive ketones (excluding diaryl/α,β-unsaturated/α-hetero) is 2. The van der Waals surface area contributed by atoms with Crippen molar-refractivity contribution in [2.24, 2.45) is 10.8 Å². The van der Waals surface area contributed by atoms with Crippen molar-refractivity contribution in [3.63, 3.8) is 0 Å². The first-order valence-electron chi connectivity index (χ1n) is 12.0. The molecule has 0 radical (unpaired) electrons. The summed E-state index contributed by atoms with van der Waals surface area (Å²) in [6.45, 7) is 4.96. The van der Waals surface area contributed by atoms with E-state index in [1.54, 1.807) is 0 Å². The molecule has 6 heteroatoms. The summed E-state index contributed by atoms with van der Waals surface area (Å²) in [5.74, 6) is -1.38. The van der Waals surface area contributed by atoms with E-state index in [0.717, 1.165) is 62.5 Å².